The van der Waals surface area contributed by atoms with Crippen molar-refractivity contribution >= 4 is 17.4 Å². The van der Waals surface area contributed by atoms with Crippen molar-refractivity contribution in [1.29, 1.82) is 0 Å². The SMILES string of the molecule is CCC(CC)(CC)Nc1nc(Cl)ncc1C. The van der Waals surface area contributed by atoms with Gasteiger partial charge in [0.05, 0.1) is 0 Å². The standard InChI is InChI=1S/C12H20ClN3/c1-5-12(6-2,7-3)16-10-9(4)8-14-11(13)15-10/h8H,5-7H2,1-4H3,(H,14,15,16). The number of nitrogens with one attached hydrogen (secondary N) is 1. The predicted octanol–water partition coefficient (Wildman–Crippen LogP) is 3.82. The Bertz CT molecular complexity index is 340. The van der Waals surface area contributed by atoms with Crippen molar-refractivity contribution in [3.05, 3.63) is 17.0 Å². The lowest BCUT2D eigenvalue weighted by molar-refractivity contribution is 0.418. The van der Waals surface area contributed by atoms with Gasteiger partial charge in [0, 0.05) is 17.3 Å². The van der Waals surface area contributed by atoms with Gasteiger partial charge in [0.15, 0.2) is 0 Å². The summed E-state index contributed by atoms with van der Waals surface area (Å²) in [5.74, 6) is 0.852. The number of anilines is 1. The topological polar surface area (TPSA) is 37.8 Å². The van der Waals surface area contributed by atoms with Crippen LogP contribution in [0.1, 0.15) is 45.6 Å². The zero-order valence-electron chi connectivity index (χ0n) is 10.5. The summed E-state index contributed by atoms with van der Waals surface area (Å²) in [6.07, 6.45) is 4.96. The summed E-state index contributed by atoms with van der Waals surface area (Å²) in [7, 11) is 0. The highest BCUT2D eigenvalue weighted by Gasteiger charge is 2.24. The van der Waals surface area contributed by atoms with Gasteiger partial charge in [0.1, 0.15) is 5.82 Å². The maximum absolute atomic E-state index is 5.81. The molecule has 1 N–H and O–H groups in total. The Hall–Kier alpha value is -0.830. The second-order valence-electron chi connectivity index (χ2n) is 4.14. The molecular formula is C12H20ClN3. The summed E-state index contributed by atoms with van der Waals surface area (Å²) in [4.78, 5) is 8.21. The summed E-state index contributed by atoms with van der Waals surface area (Å²) in [6.45, 7) is 8.57. The highest BCUT2D eigenvalue weighted by atomic mass is 35.5. The number of rotatable bonds is 5. The molecule has 0 spiro atoms. The van der Waals surface area contributed by atoms with E-state index in [1.54, 1.807) is 6.20 Å². The van der Waals surface area contributed by atoms with Crippen molar-refractivity contribution in [2.75, 3.05) is 5.32 Å². The highest BCUT2D eigenvalue weighted by Crippen LogP contribution is 2.26. The van der Waals surface area contributed by atoms with Crippen molar-refractivity contribution in [3.63, 3.8) is 0 Å². The number of aromatic nitrogens is 2. The highest BCUT2D eigenvalue weighted by molar-refractivity contribution is 6.28. The molecular weight excluding hydrogens is 222 g/mol. The minimum absolute atomic E-state index is 0.114. The van der Waals surface area contributed by atoms with Crippen LogP contribution >= 0.6 is 11.6 Å². The summed E-state index contributed by atoms with van der Waals surface area (Å²) in [6, 6.07) is 0. The molecule has 1 rings (SSSR count). The van der Waals surface area contributed by atoms with Crippen LogP contribution in [0.2, 0.25) is 5.28 Å². The van der Waals surface area contributed by atoms with Crippen molar-refractivity contribution in [3.8, 4) is 0 Å². The number of aryl methyl sites for hydroxylation is 1. The maximum Gasteiger partial charge on any atom is 0.224 e. The fourth-order valence-corrected chi connectivity index (χ4v) is 1.95. The van der Waals surface area contributed by atoms with Crippen LogP contribution in [-0.2, 0) is 0 Å². The lowest BCUT2D eigenvalue weighted by Crippen LogP contribution is -2.36. The molecule has 0 saturated heterocycles. The largest absolute Gasteiger partial charge is 0.364 e. The molecule has 0 aliphatic rings. The molecule has 0 saturated carbocycles. The van der Waals surface area contributed by atoms with Crippen LogP contribution in [0.25, 0.3) is 0 Å². The van der Waals surface area contributed by atoms with Gasteiger partial charge < -0.3 is 5.32 Å². The smallest absolute Gasteiger partial charge is 0.224 e. The van der Waals surface area contributed by atoms with Gasteiger partial charge in [-0.3, -0.25) is 0 Å². The summed E-state index contributed by atoms with van der Waals surface area (Å²) < 4.78 is 0. The monoisotopic (exact) mass is 241 g/mol. The van der Waals surface area contributed by atoms with E-state index in [2.05, 4.69) is 36.1 Å². The molecule has 3 nitrogen and oxygen atoms in total. The first kappa shape index (κ1) is 13.2. The number of hydrogen-bond donors (Lipinski definition) is 1. The van der Waals surface area contributed by atoms with Gasteiger partial charge in [-0.25, -0.2) is 9.97 Å². The van der Waals surface area contributed by atoms with E-state index in [-0.39, 0.29) is 5.54 Å². The minimum atomic E-state index is 0.114. The Morgan fingerprint density at radius 1 is 1.25 bits per heavy atom. The van der Waals surface area contributed by atoms with E-state index in [4.69, 9.17) is 11.6 Å². The van der Waals surface area contributed by atoms with E-state index in [1.165, 1.54) is 0 Å². The number of hydrogen-bond acceptors (Lipinski definition) is 3. The van der Waals surface area contributed by atoms with E-state index in [9.17, 15) is 0 Å². The molecule has 1 aromatic rings. The third-order valence-corrected chi connectivity index (χ3v) is 3.54. The van der Waals surface area contributed by atoms with Crippen LogP contribution in [0.5, 0.6) is 0 Å². The van der Waals surface area contributed by atoms with Gasteiger partial charge in [0.25, 0.3) is 0 Å². The molecule has 90 valence electrons. The van der Waals surface area contributed by atoms with Gasteiger partial charge in [-0.05, 0) is 37.8 Å². The first-order valence-electron chi connectivity index (χ1n) is 5.84. The van der Waals surface area contributed by atoms with Gasteiger partial charge in [-0.1, -0.05) is 20.8 Å². The zero-order chi connectivity index (χ0) is 12.2. The van der Waals surface area contributed by atoms with E-state index < -0.39 is 0 Å². The fourth-order valence-electron chi connectivity index (χ4n) is 1.81. The quantitative estimate of drug-likeness (QED) is 0.797. The van der Waals surface area contributed by atoms with E-state index >= 15 is 0 Å². The summed E-state index contributed by atoms with van der Waals surface area (Å²) in [5, 5.41) is 3.81. The van der Waals surface area contributed by atoms with Crippen LogP contribution in [-0.4, -0.2) is 15.5 Å². The first-order chi connectivity index (χ1) is 7.56. The molecule has 0 aliphatic carbocycles. The lowest BCUT2D eigenvalue weighted by Gasteiger charge is -2.32. The molecule has 1 heterocycles. The number of halogens is 1. The second-order valence-corrected chi connectivity index (χ2v) is 4.47. The Balaban J connectivity index is 2.97. The second kappa shape index (κ2) is 5.48. The van der Waals surface area contributed by atoms with Gasteiger partial charge in [-0.2, -0.15) is 0 Å². The first-order valence-corrected chi connectivity index (χ1v) is 6.22. The fraction of sp³-hybridized carbons (Fsp3) is 0.667. The Kier molecular flexibility index (Phi) is 4.54. The van der Waals surface area contributed by atoms with Crippen LogP contribution < -0.4 is 5.32 Å². The van der Waals surface area contributed by atoms with E-state index in [0.29, 0.717) is 5.28 Å². The Morgan fingerprint density at radius 3 is 2.31 bits per heavy atom. The zero-order valence-corrected chi connectivity index (χ0v) is 11.2. The molecule has 4 heteroatoms. The average molecular weight is 242 g/mol. The van der Waals surface area contributed by atoms with Crippen molar-refractivity contribution in [2.45, 2.75) is 52.5 Å². The predicted molar refractivity (Wildman–Crippen MR) is 69.0 cm³/mol. The van der Waals surface area contributed by atoms with Crippen molar-refractivity contribution in [2.24, 2.45) is 0 Å². The minimum Gasteiger partial charge on any atom is -0.364 e. The molecule has 0 aromatic carbocycles. The molecule has 0 radical (unpaired) electrons. The molecule has 0 amide bonds. The third-order valence-electron chi connectivity index (χ3n) is 3.36. The van der Waals surface area contributed by atoms with Crippen LogP contribution in [0.4, 0.5) is 5.82 Å². The van der Waals surface area contributed by atoms with Gasteiger partial charge in [0.2, 0.25) is 5.28 Å². The van der Waals surface area contributed by atoms with Gasteiger partial charge >= 0.3 is 0 Å². The molecule has 0 atom stereocenters. The number of nitrogens with zero attached hydrogens (tertiary/aromatic N) is 2. The maximum atomic E-state index is 5.81. The van der Waals surface area contributed by atoms with Crippen LogP contribution in [0.3, 0.4) is 0 Å². The average Bonchev–Trinajstić information content (AvgIpc) is 2.31. The van der Waals surface area contributed by atoms with E-state index in [0.717, 1.165) is 30.6 Å². The molecule has 0 fully saturated rings. The van der Waals surface area contributed by atoms with Crippen LogP contribution in [0.15, 0.2) is 6.20 Å². The normalized spacial score (nSPS) is 11.6. The molecule has 1 aromatic heterocycles. The van der Waals surface area contributed by atoms with Crippen molar-refractivity contribution < 1.29 is 0 Å². The van der Waals surface area contributed by atoms with Crippen molar-refractivity contribution in [1.82, 2.24) is 9.97 Å². The Labute approximate surface area is 103 Å². The summed E-state index contributed by atoms with van der Waals surface area (Å²) in [5.41, 5.74) is 1.15. The summed E-state index contributed by atoms with van der Waals surface area (Å²) >= 11 is 5.81. The molecule has 16 heavy (non-hydrogen) atoms. The molecule has 0 unspecified atom stereocenters. The third kappa shape index (κ3) is 2.85. The van der Waals surface area contributed by atoms with Crippen LogP contribution in [0, 0.1) is 6.92 Å². The van der Waals surface area contributed by atoms with Gasteiger partial charge in [-0.15, -0.1) is 0 Å². The lowest BCUT2D eigenvalue weighted by atomic mass is 9.89. The van der Waals surface area contributed by atoms with E-state index in [1.807, 2.05) is 6.92 Å². The molecule has 0 aliphatic heterocycles. The Morgan fingerprint density at radius 2 is 1.81 bits per heavy atom. The molecule has 0 bridgehead atoms.